The molecule has 2 nitrogen and oxygen atoms in total. The lowest BCUT2D eigenvalue weighted by Gasteiger charge is -2.24. The van der Waals surface area contributed by atoms with E-state index < -0.39 is 0 Å². The van der Waals surface area contributed by atoms with Gasteiger partial charge >= 0.3 is 0 Å². The highest BCUT2D eigenvalue weighted by Gasteiger charge is 2.19. The molecule has 1 unspecified atom stereocenters. The fraction of sp³-hybridized carbons (Fsp3) is 0.417. The van der Waals surface area contributed by atoms with Gasteiger partial charge in [-0.1, -0.05) is 11.6 Å². The molecule has 17 heavy (non-hydrogen) atoms. The number of amides is 1. The van der Waals surface area contributed by atoms with E-state index in [1.165, 1.54) is 0 Å². The van der Waals surface area contributed by atoms with Gasteiger partial charge in [-0.15, -0.1) is 0 Å². The van der Waals surface area contributed by atoms with Gasteiger partial charge in [0.15, 0.2) is 0 Å². The third-order valence-electron chi connectivity index (χ3n) is 2.55. The Morgan fingerprint density at radius 1 is 1.59 bits per heavy atom. The normalized spacial score (nSPS) is 12.3. The molecule has 94 valence electrons. The Hall–Kier alpha value is -0.190. The van der Waals surface area contributed by atoms with Crippen molar-refractivity contribution in [2.75, 3.05) is 19.1 Å². The van der Waals surface area contributed by atoms with E-state index in [9.17, 15) is 4.79 Å². The first-order chi connectivity index (χ1) is 7.97. The van der Waals surface area contributed by atoms with Crippen molar-refractivity contribution in [3.63, 3.8) is 0 Å². The molecule has 0 aliphatic rings. The van der Waals surface area contributed by atoms with Gasteiger partial charge in [-0.2, -0.15) is 11.8 Å². The van der Waals surface area contributed by atoms with Crippen LogP contribution in [0, 0.1) is 0 Å². The number of carbonyl (C=O) groups is 1. The summed E-state index contributed by atoms with van der Waals surface area (Å²) in [6.07, 6.45) is 2.03. The Kier molecular flexibility index (Phi) is 5.83. The number of nitrogens with zero attached hydrogens (tertiary/aromatic N) is 1. The first kappa shape index (κ1) is 14.9. The van der Waals surface area contributed by atoms with Crippen molar-refractivity contribution < 1.29 is 4.79 Å². The molecule has 0 fully saturated rings. The van der Waals surface area contributed by atoms with Crippen LogP contribution in [0.25, 0.3) is 0 Å². The molecule has 0 aliphatic carbocycles. The fourth-order valence-electron chi connectivity index (χ4n) is 1.41. The number of hydrogen-bond acceptors (Lipinski definition) is 2. The molecule has 0 bridgehead atoms. The van der Waals surface area contributed by atoms with Crippen LogP contribution in [0.4, 0.5) is 0 Å². The summed E-state index contributed by atoms with van der Waals surface area (Å²) in [6.45, 7) is 2.04. The minimum atomic E-state index is 0.00934. The minimum Gasteiger partial charge on any atom is -0.338 e. The van der Waals surface area contributed by atoms with Gasteiger partial charge in [-0.25, -0.2) is 0 Å². The van der Waals surface area contributed by atoms with Crippen LogP contribution >= 0.6 is 39.3 Å². The van der Waals surface area contributed by atoms with Gasteiger partial charge in [0.25, 0.3) is 5.91 Å². The zero-order valence-corrected chi connectivity index (χ0v) is 13.2. The number of benzene rings is 1. The zero-order chi connectivity index (χ0) is 13.0. The van der Waals surface area contributed by atoms with Crippen LogP contribution in [0.3, 0.4) is 0 Å². The Bertz CT molecular complexity index is 413. The van der Waals surface area contributed by atoms with E-state index in [0.717, 1.165) is 10.2 Å². The van der Waals surface area contributed by atoms with E-state index in [1.54, 1.807) is 34.9 Å². The summed E-state index contributed by atoms with van der Waals surface area (Å²) in [6, 6.07) is 5.42. The van der Waals surface area contributed by atoms with E-state index in [4.69, 9.17) is 11.6 Å². The maximum atomic E-state index is 12.2. The number of hydrogen-bond donors (Lipinski definition) is 0. The summed E-state index contributed by atoms with van der Waals surface area (Å²) in [5, 5.41) is 0.619. The van der Waals surface area contributed by atoms with Crippen molar-refractivity contribution in [2.45, 2.75) is 13.0 Å². The number of carbonyl (C=O) groups excluding carboxylic acids is 1. The van der Waals surface area contributed by atoms with Crippen LogP contribution in [0.5, 0.6) is 0 Å². The van der Waals surface area contributed by atoms with Gasteiger partial charge in [0.2, 0.25) is 0 Å². The summed E-state index contributed by atoms with van der Waals surface area (Å²) in [4.78, 5) is 14.0. The third-order valence-corrected chi connectivity index (χ3v) is 4.26. The molecule has 5 heteroatoms. The van der Waals surface area contributed by atoms with Gasteiger partial charge in [-0.05, 0) is 47.3 Å². The Balaban J connectivity index is 2.88. The van der Waals surface area contributed by atoms with Gasteiger partial charge in [-0.3, -0.25) is 4.79 Å². The lowest BCUT2D eigenvalue weighted by molar-refractivity contribution is 0.0756. The largest absolute Gasteiger partial charge is 0.338 e. The molecule has 1 aromatic carbocycles. The average molecular weight is 337 g/mol. The van der Waals surface area contributed by atoms with Crippen molar-refractivity contribution in [2.24, 2.45) is 0 Å². The van der Waals surface area contributed by atoms with Crippen molar-refractivity contribution >= 4 is 45.2 Å². The second-order valence-corrected chi connectivity index (χ2v) is 6.05. The lowest BCUT2D eigenvalue weighted by atomic mass is 10.2. The van der Waals surface area contributed by atoms with Crippen molar-refractivity contribution in [3.05, 3.63) is 33.3 Å². The number of rotatable bonds is 4. The lowest BCUT2D eigenvalue weighted by Crippen LogP contribution is -2.36. The molecule has 0 aromatic heterocycles. The van der Waals surface area contributed by atoms with Crippen molar-refractivity contribution in [3.8, 4) is 0 Å². The minimum absolute atomic E-state index is 0.00934. The van der Waals surface area contributed by atoms with Crippen LogP contribution in [-0.4, -0.2) is 35.9 Å². The van der Waals surface area contributed by atoms with Gasteiger partial charge in [0, 0.05) is 28.3 Å². The summed E-state index contributed by atoms with van der Waals surface area (Å²) < 4.78 is 0.734. The van der Waals surface area contributed by atoms with Crippen molar-refractivity contribution in [1.82, 2.24) is 4.90 Å². The Morgan fingerprint density at radius 3 is 2.76 bits per heavy atom. The zero-order valence-electron chi connectivity index (χ0n) is 10.0. The first-order valence-electron chi connectivity index (χ1n) is 5.18. The molecule has 0 N–H and O–H groups in total. The Labute approximate surface area is 120 Å². The van der Waals surface area contributed by atoms with Gasteiger partial charge in [0.05, 0.1) is 5.56 Å². The SMILES string of the molecule is CSCC(C)N(C)C(=O)c1ccc(Cl)cc1Br. The summed E-state index contributed by atoms with van der Waals surface area (Å²) in [7, 11) is 1.82. The molecule has 0 saturated carbocycles. The molecule has 1 amide bonds. The van der Waals surface area contributed by atoms with E-state index in [2.05, 4.69) is 15.9 Å². The highest BCUT2D eigenvalue weighted by Crippen LogP contribution is 2.23. The fourth-order valence-corrected chi connectivity index (χ4v) is 2.96. The molecule has 0 saturated heterocycles. The van der Waals surface area contributed by atoms with Crippen LogP contribution in [0.2, 0.25) is 5.02 Å². The summed E-state index contributed by atoms with van der Waals surface area (Å²) in [5.41, 5.74) is 0.643. The molecule has 0 aliphatic heterocycles. The molecule has 1 atom stereocenters. The smallest absolute Gasteiger partial charge is 0.255 e. The summed E-state index contributed by atoms with van der Waals surface area (Å²) in [5.74, 6) is 0.933. The number of halogens is 2. The molecule has 1 aromatic rings. The quantitative estimate of drug-likeness (QED) is 0.830. The van der Waals surface area contributed by atoms with E-state index in [-0.39, 0.29) is 11.9 Å². The molecule has 0 radical (unpaired) electrons. The maximum Gasteiger partial charge on any atom is 0.255 e. The average Bonchev–Trinajstić information content (AvgIpc) is 2.27. The summed E-state index contributed by atoms with van der Waals surface area (Å²) >= 11 is 11.0. The second kappa shape index (κ2) is 6.66. The topological polar surface area (TPSA) is 20.3 Å². The second-order valence-electron chi connectivity index (χ2n) is 3.84. The molecular formula is C12H15BrClNOS. The highest BCUT2D eigenvalue weighted by atomic mass is 79.9. The van der Waals surface area contributed by atoms with E-state index in [0.29, 0.717) is 10.6 Å². The number of thioether (sulfide) groups is 1. The first-order valence-corrected chi connectivity index (χ1v) is 7.75. The monoisotopic (exact) mass is 335 g/mol. The maximum absolute atomic E-state index is 12.2. The van der Waals surface area contributed by atoms with E-state index in [1.807, 2.05) is 20.2 Å². The highest BCUT2D eigenvalue weighted by molar-refractivity contribution is 9.10. The molecule has 0 spiro atoms. The van der Waals surface area contributed by atoms with Gasteiger partial charge < -0.3 is 4.90 Å². The van der Waals surface area contributed by atoms with Crippen LogP contribution < -0.4 is 0 Å². The predicted molar refractivity (Wildman–Crippen MR) is 79.1 cm³/mol. The van der Waals surface area contributed by atoms with Gasteiger partial charge in [0.1, 0.15) is 0 Å². The van der Waals surface area contributed by atoms with E-state index >= 15 is 0 Å². The molecule has 0 heterocycles. The standard InChI is InChI=1S/C12H15BrClNOS/c1-8(7-17-3)15(2)12(16)10-5-4-9(14)6-11(10)13/h4-6,8H,7H2,1-3H3. The molecular weight excluding hydrogens is 322 g/mol. The third kappa shape index (κ3) is 3.90. The van der Waals surface area contributed by atoms with Crippen LogP contribution in [0.15, 0.2) is 22.7 Å². The van der Waals surface area contributed by atoms with Crippen LogP contribution in [0.1, 0.15) is 17.3 Å². The molecule has 1 rings (SSSR count). The van der Waals surface area contributed by atoms with Crippen molar-refractivity contribution in [1.29, 1.82) is 0 Å². The predicted octanol–water partition coefficient (Wildman–Crippen LogP) is 3.93. The Morgan fingerprint density at radius 2 is 2.24 bits per heavy atom. The van der Waals surface area contributed by atoms with Crippen LogP contribution in [-0.2, 0) is 0 Å².